The van der Waals surface area contributed by atoms with E-state index in [-0.39, 0.29) is 28.4 Å². The Kier molecular flexibility index (Phi) is 1.39. The van der Waals surface area contributed by atoms with Crippen LogP contribution in [0.15, 0.2) is 12.1 Å². The summed E-state index contributed by atoms with van der Waals surface area (Å²) in [4.78, 5) is 0. The third-order valence-corrected chi connectivity index (χ3v) is 2.05. The van der Waals surface area contributed by atoms with Crippen LogP contribution in [0.2, 0.25) is 0 Å². The van der Waals surface area contributed by atoms with E-state index in [9.17, 15) is 10.4 Å². The number of hydrogen-bond donors (Lipinski definition) is 4. The second-order valence-corrected chi connectivity index (χ2v) is 2.93. The monoisotopic (exact) mass is 195 g/mol. The minimum atomic E-state index is -0.329. The molecule has 0 saturated carbocycles. The lowest BCUT2D eigenvalue weighted by Crippen LogP contribution is -2.29. The van der Waals surface area contributed by atoms with Gasteiger partial charge in [0.2, 0.25) is 0 Å². The largest absolute Gasteiger partial charge is 0.740 e. The Bertz CT molecular complexity index is 474. The number of nitrogens with two attached hydrogens (primary N) is 3. The lowest BCUT2D eigenvalue weighted by Gasteiger charge is -2.01. The number of rotatable bonds is 0. The Hall–Kier alpha value is -2.31. The first kappa shape index (κ1) is 8.30. The highest BCUT2D eigenvalue weighted by molar-refractivity contribution is 5.84. The first-order valence-corrected chi connectivity index (χ1v) is 3.80. The molecule has 0 atom stereocenters. The van der Waals surface area contributed by atoms with E-state index in [0.29, 0.717) is 9.46 Å². The standard InChI is InChI=1S/C7H9N5O2/c8-3-1-5-6(2-4(3)9)12(14)7(10)11(5)13/h1-2,13H,8-10H2. The molecule has 7 heteroatoms. The van der Waals surface area contributed by atoms with Crippen molar-refractivity contribution in [3.8, 4) is 0 Å². The molecule has 0 saturated heterocycles. The molecule has 1 aromatic carbocycles. The molecule has 74 valence electrons. The van der Waals surface area contributed by atoms with Crippen molar-refractivity contribution in [2.75, 3.05) is 17.2 Å². The minimum absolute atomic E-state index is 0.178. The number of hydrogen-bond acceptors (Lipinski definition) is 5. The van der Waals surface area contributed by atoms with Crippen LogP contribution in [-0.2, 0) is 0 Å². The van der Waals surface area contributed by atoms with Gasteiger partial charge in [-0.25, -0.2) is 4.73 Å². The first-order valence-electron chi connectivity index (χ1n) is 3.80. The molecular weight excluding hydrogens is 186 g/mol. The topological polar surface area (TPSA) is 130 Å². The van der Waals surface area contributed by atoms with Crippen molar-refractivity contribution in [1.82, 2.24) is 4.73 Å². The second kappa shape index (κ2) is 2.34. The van der Waals surface area contributed by atoms with Gasteiger partial charge >= 0.3 is 5.95 Å². The third-order valence-electron chi connectivity index (χ3n) is 2.05. The summed E-state index contributed by atoms with van der Waals surface area (Å²) in [5.74, 6) is -0.329. The number of nitrogen functional groups attached to an aromatic ring is 3. The van der Waals surface area contributed by atoms with Crippen LogP contribution in [0, 0.1) is 5.21 Å². The van der Waals surface area contributed by atoms with E-state index >= 15 is 0 Å². The molecule has 14 heavy (non-hydrogen) atoms. The zero-order valence-corrected chi connectivity index (χ0v) is 7.14. The van der Waals surface area contributed by atoms with Crippen LogP contribution >= 0.6 is 0 Å². The maximum absolute atomic E-state index is 11.3. The van der Waals surface area contributed by atoms with E-state index in [0.717, 1.165) is 0 Å². The van der Waals surface area contributed by atoms with Crippen LogP contribution in [0.4, 0.5) is 17.3 Å². The van der Waals surface area contributed by atoms with Gasteiger partial charge in [-0.2, -0.15) is 0 Å². The molecular formula is C7H9N5O2. The molecule has 0 bridgehead atoms. The molecule has 0 aliphatic rings. The summed E-state index contributed by atoms with van der Waals surface area (Å²) in [7, 11) is 0. The van der Waals surface area contributed by atoms with Crippen molar-refractivity contribution in [3.05, 3.63) is 17.3 Å². The van der Waals surface area contributed by atoms with Crippen LogP contribution in [0.25, 0.3) is 11.0 Å². The summed E-state index contributed by atoms with van der Waals surface area (Å²) >= 11 is 0. The van der Waals surface area contributed by atoms with E-state index in [1.54, 1.807) is 0 Å². The Labute approximate surface area is 78.5 Å². The van der Waals surface area contributed by atoms with Gasteiger partial charge in [-0.05, 0) is 0 Å². The van der Waals surface area contributed by atoms with Crippen LogP contribution < -0.4 is 21.9 Å². The van der Waals surface area contributed by atoms with E-state index in [4.69, 9.17) is 17.2 Å². The van der Waals surface area contributed by atoms with Gasteiger partial charge in [0, 0.05) is 12.1 Å². The SMILES string of the molecule is Nc1cc2c(cc1N)[n+]([O-])c(N)n2O. The zero-order valence-electron chi connectivity index (χ0n) is 7.14. The van der Waals surface area contributed by atoms with Gasteiger partial charge in [0.05, 0.1) is 11.4 Å². The molecule has 0 unspecified atom stereocenters. The van der Waals surface area contributed by atoms with Crippen molar-refractivity contribution < 1.29 is 9.94 Å². The maximum atomic E-state index is 11.3. The molecule has 2 aromatic rings. The molecule has 0 amide bonds. The highest BCUT2D eigenvalue weighted by Crippen LogP contribution is 2.22. The highest BCUT2D eigenvalue weighted by Gasteiger charge is 2.17. The molecule has 1 aromatic heterocycles. The average molecular weight is 195 g/mol. The summed E-state index contributed by atoms with van der Waals surface area (Å²) < 4.78 is 0.948. The first-order chi connectivity index (χ1) is 6.52. The number of aromatic nitrogens is 2. The molecule has 1 heterocycles. The van der Waals surface area contributed by atoms with Crippen LogP contribution in [0.3, 0.4) is 0 Å². The number of fused-ring (bicyclic) bond motifs is 1. The normalized spacial score (nSPS) is 10.9. The quantitative estimate of drug-likeness (QED) is 0.190. The predicted molar refractivity (Wildman–Crippen MR) is 51.3 cm³/mol. The molecule has 7 N–H and O–H groups in total. The van der Waals surface area contributed by atoms with Crippen molar-refractivity contribution >= 4 is 28.4 Å². The van der Waals surface area contributed by atoms with Gasteiger partial charge in [-0.1, -0.05) is 4.73 Å². The summed E-state index contributed by atoms with van der Waals surface area (Å²) in [6, 6.07) is 2.75. The Balaban J connectivity index is 2.96. The van der Waals surface area contributed by atoms with E-state index in [1.165, 1.54) is 12.1 Å². The second-order valence-electron chi connectivity index (χ2n) is 2.93. The number of anilines is 3. The molecule has 0 fully saturated rings. The van der Waals surface area contributed by atoms with Crippen LogP contribution in [0.1, 0.15) is 0 Å². The van der Waals surface area contributed by atoms with Gasteiger partial charge in [0.25, 0.3) is 0 Å². The molecule has 7 nitrogen and oxygen atoms in total. The fourth-order valence-electron chi connectivity index (χ4n) is 1.27. The molecule has 0 spiro atoms. The molecule has 0 radical (unpaired) electrons. The molecule has 0 aliphatic carbocycles. The summed E-state index contributed by atoms with van der Waals surface area (Å²) in [5, 5.41) is 20.7. The lowest BCUT2D eigenvalue weighted by atomic mass is 10.2. The van der Waals surface area contributed by atoms with Crippen LogP contribution in [0.5, 0.6) is 0 Å². The van der Waals surface area contributed by atoms with Crippen molar-refractivity contribution in [1.29, 1.82) is 0 Å². The Morgan fingerprint density at radius 1 is 1.21 bits per heavy atom. The zero-order chi connectivity index (χ0) is 10.5. The Morgan fingerprint density at radius 2 is 1.79 bits per heavy atom. The molecule has 0 aliphatic heterocycles. The van der Waals surface area contributed by atoms with Gasteiger partial charge in [-0.3, -0.25) is 5.73 Å². The van der Waals surface area contributed by atoms with Gasteiger partial charge in [0.1, 0.15) is 5.52 Å². The smallest absolute Gasteiger partial charge is 0.393 e. The summed E-state index contributed by atoms with van der Waals surface area (Å²) in [6.07, 6.45) is 0. The van der Waals surface area contributed by atoms with E-state index in [1.807, 2.05) is 0 Å². The van der Waals surface area contributed by atoms with Gasteiger partial charge in [-0.15, -0.1) is 0 Å². The van der Waals surface area contributed by atoms with Crippen molar-refractivity contribution in [2.45, 2.75) is 0 Å². The number of benzene rings is 1. The molecule has 2 rings (SSSR count). The highest BCUT2D eigenvalue weighted by atomic mass is 16.5. The fourth-order valence-corrected chi connectivity index (χ4v) is 1.27. The minimum Gasteiger partial charge on any atom is -0.740 e. The maximum Gasteiger partial charge on any atom is 0.393 e. The number of imidazole rings is 1. The van der Waals surface area contributed by atoms with E-state index in [2.05, 4.69) is 0 Å². The Morgan fingerprint density at radius 3 is 2.43 bits per heavy atom. The van der Waals surface area contributed by atoms with Gasteiger partial charge < -0.3 is 21.9 Å². The third kappa shape index (κ3) is 0.830. The summed E-state index contributed by atoms with van der Waals surface area (Å²) in [6.45, 7) is 0. The fraction of sp³-hybridized carbons (Fsp3) is 0. The van der Waals surface area contributed by atoms with Crippen molar-refractivity contribution in [2.24, 2.45) is 0 Å². The van der Waals surface area contributed by atoms with E-state index < -0.39 is 0 Å². The van der Waals surface area contributed by atoms with Crippen LogP contribution in [-0.4, -0.2) is 9.94 Å². The van der Waals surface area contributed by atoms with Crippen molar-refractivity contribution in [3.63, 3.8) is 0 Å². The average Bonchev–Trinajstić information content (AvgIpc) is 2.34. The van der Waals surface area contributed by atoms with Gasteiger partial charge in [0.15, 0.2) is 5.52 Å². The lowest BCUT2D eigenvalue weighted by molar-refractivity contribution is -0.563. The summed E-state index contributed by atoms with van der Waals surface area (Å²) in [5.41, 5.74) is 17.3. The predicted octanol–water partition coefficient (Wildman–Crippen LogP) is -0.741. The number of nitrogens with zero attached hydrogens (tertiary/aromatic N) is 2.